The molecule has 0 bridgehead atoms. The van der Waals surface area contributed by atoms with E-state index < -0.39 is 15.9 Å². The number of anilines is 2. The fourth-order valence-corrected chi connectivity index (χ4v) is 4.26. The van der Waals surface area contributed by atoms with Crippen molar-refractivity contribution >= 4 is 49.1 Å². The highest BCUT2D eigenvalue weighted by atomic mass is 79.9. The zero-order valence-corrected chi connectivity index (χ0v) is 17.8. The van der Waals surface area contributed by atoms with Crippen molar-refractivity contribution in [2.75, 3.05) is 16.8 Å². The van der Waals surface area contributed by atoms with Crippen molar-refractivity contribution in [3.8, 4) is 0 Å². The van der Waals surface area contributed by atoms with E-state index in [9.17, 15) is 18.0 Å². The zero-order valence-electron chi connectivity index (χ0n) is 15.4. The molecule has 1 aliphatic rings. The van der Waals surface area contributed by atoms with Gasteiger partial charge >= 0.3 is 0 Å². The maximum atomic E-state index is 12.8. The third-order valence-electron chi connectivity index (χ3n) is 4.87. The molecule has 3 rings (SSSR count). The summed E-state index contributed by atoms with van der Waals surface area (Å²) in [5.74, 6) is -1.02. The van der Waals surface area contributed by atoms with Gasteiger partial charge < -0.3 is 10.2 Å². The number of nitrogens with two attached hydrogens (primary N) is 1. The Morgan fingerprint density at radius 2 is 1.93 bits per heavy atom. The summed E-state index contributed by atoms with van der Waals surface area (Å²) in [5, 5.41) is 7.98. The first-order valence-corrected chi connectivity index (χ1v) is 10.9. The fourth-order valence-electron chi connectivity index (χ4n) is 3.14. The molecule has 3 N–H and O–H groups in total. The second-order valence-electron chi connectivity index (χ2n) is 6.80. The number of rotatable bonds is 4. The molecule has 7 nitrogen and oxygen atoms in total. The predicted molar refractivity (Wildman–Crippen MR) is 111 cm³/mol. The third-order valence-corrected chi connectivity index (χ3v) is 6.43. The van der Waals surface area contributed by atoms with Crippen LogP contribution < -0.4 is 15.4 Å². The molecular weight excluding hydrogens is 446 g/mol. The Morgan fingerprint density at radius 1 is 1.25 bits per heavy atom. The first-order chi connectivity index (χ1) is 13.1. The van der Waals surface area contributed by atoms with Crippen LogP contribution in [0.3, 0.4) is 0 Å². The number of carbonyl (C=O) groups is 2. The van der Waals surface area contributed by atoms with Gasteiger partial charge in [0.05, 0.1) is 16.5 Å². The molecule has 0 radical (unpaired) electrons. The first kappa shape index (κ1) is 20.5. The predicted octanol–water partition coefficient (Wildman–Crippen LogP) is 2.70. The number of hydrogen-bond donors (Lipinski definition) is 2. The Hall–Kier alpha value is -2.23. The van der Waals surface area contributed by atoms with Crippen LogP contribution in [0.4, 0.5) is 11.4 Å². The minimum Gasteiger partial charge on any atom is -0.325 e. The lowest BCUT2D eigenvalue weighted by Crippen LogP contribution is -2.28. The number of aryl methyl sites for hydroxylation is 1. The number of hydrogen-bond acceptors (Lipinski definition) is 4. The quantitative estimate of drug-likeness (QED) is 0.722. The number of halogens is 1. The van der Waals surface area contributed by atoms with Gasteiger partial charge in [0.1, 0.15) is 0 Å². The highest BCUT2D eigenvalue weighted by Crippen LogP contribution is 2.32. The van der Waals surface area contributed by atoms with Crippen molar-refractivity contribution in [3.05, 3.63) is 52.0 Å². The van der Waals surface area contributed by atoms with Gasteiger partial charge in [0.15, 0.2) is 0 Å². The molecule has 2 aromatic rings. The van der Waals surface area contributed by atoms with Crippen LogP contribution in [-0.4, -0.2) is 26.8 Å². The minimum atomic E-state index is -3.90. The summed E-state index contributed by atoms with van der Waals surface area (Å²) in [6.07, 6.45) is 0.0834. The van der Waals surface area contributed by atoms with E-state index in [0.29, 0.717) is 16.9 Å². The Balaban J connectivity index is 1.82. The van der Waals surface area contributed by atoms with Gasteiger partial charge in [0.25, 0.3) is 0 Å². The van der Waals surface area contributed by atoms with E-state index >= 15 is 0 Å². The van der Waals surface area contributed by atoms with Crippen molar-refractivity contribution in [3.63, 3.8) is 0 Å². The number of para-hydroxylation sites is 1. The zero-order chi connectivity index (χ0) is 20.6. The largest absolute Gasteiger partial charge is 0.325 e. The van der Waals surface area contributed by atoms with Crippen LogP contribution in [0.1, 0.15) is 17.5 Å². The molecule has 1 heterocycles. The number of amides is 2. The molecule has 1 fully saturated rings. The normalized spacial score (nSPS) is 17.1. The smallest absolute Gasteiger partial charge is 0.238 e. The van der Waals surface area contributed by atoms with Gasteiger partial charge in [-0.15, -0.1) is 0 Å². The average Bonchev–Trinajstić information content (AvgIpc) is 3.00. The summed E-state index contributed by atoms with van der Waals surface area (Å²) in [6, 6.07) is 10.1. The second-order valence-corrected chi connectivity index (χ2v) is 9.22. The molecule has 0 aliphatic carbocycles. The SMILES string of the molecule is Cc1cc(S(N)(=O)=O)cc(NC(=O)C2CC(=O)N(c3ccccc3Br)C2)c1C. The molecule has 1 unspecified atom stereocenters. The third kappa shape index (κ3) is 4.11. The highest BCUT2D eigenvalue weighted by molar-refractivity contribution is 9.10. The van der Waals surface area contributed by atoms with Gasteiger partial charge in [0, 0.05) is 23.1 Å². The molecule has 28 heavy (non-hydrogen) atoms. The molecular formula is C19H20BrN3O4S. The van der Waals surface area contributed by atoms with Crippen LogP contribution in [-0.2, 0) is 19.6 Å². The molecule has 0 saturated carbocycles. The maximum absolute atomic E-state index is 12.8. The summed E-state index contributed by atoms with van der Waals surface area (Å²) in [7, 11) is -3.90. The monoisotopic (exact) mass is 465 g/mol. The molecule has 1 saturated heterocycles. The van der Waals surface area contributed by atoms with Gasteiger partial charge in [-0.2, -0.15) is 0 Å². The first-order valence-electron chi connectivity index (χ1n) is 8.57. The van der Waals surface area contributed by atoms with E-state index in [-0.39, 0.29) is 29.7 Å². The van der Waals surface area contributed by atoms with E-state index in [4.69, 9.17) is 5.14 Å². The van der Waals surface area contributed by atoms with Crippen molar-refractivity contribution in [2.24, 2.45) is 11.1 Å². The van der Waals surface area contributed by atoms with Crippen LogP contribution >= 0.6 is 15.9 Å². The van der Waals surface area contributed by atoms with E-state index in [1.807, 2.05) is 24.3 Å². The molecule has 1 aliphatic heterocycles. The Morgan fingerprint density at radius 3 is 2.57 bits per heavy atom. The summed E-state index contributed by atoms with van der Waals surface area (Å²) in [5.41, 5.74) is 2.53. The van der Waals surface area contributed by atoms with Crippen molar-refractivity contribution in [1.82, 2.24) is 0 Å². The summed E-state index contributed by atoms with van der Waals surface area (Å²) in [6.45, 7) is 3.78. The number of carbonyl (C=O) groups excluding carboxylic acids is 2. The Labute approximate surface area is 172 Å². The molecule has 0 aromatic heterocycles. The van der Waals surface area contributed by atoms with Crippen LogP contribution in [0.2, 0.25) is 0 Å². The van der Waals surface area contributed by atoms with E-state index in [1.54, 1.807) is 18.7 Å². The number of benzene rings is 2. The average molecular weight is 466 g/mol. The number of sulfonamides is 1. The maximum Gasteiger partial charge on any atom is 0.238 e. The molecule has 148 valence electrons. The van der Waals surface area contributed by atoms with Gasteiger partial charge in [0.2, 0.25) is 21.8 Å². The molecule has 2 amide bonds. The summed E-state index contributed by atoms with van der Waals surface area (Å²) < 4.78 is 24.1. The standard InChI is InChI=1S/C19H20BrN3O4S/c1-11-7-14(28(21,26)27)9-16(12(11)2)22-19(25)13-8-18(24)23(10-13)17-6-4-3-5-15(17)20/h3-7,9,13H,8,10H2,1-2H3,(H,22,25)(H2,21,26,27). The topological polar surface area (TPSA) is 110 Å². The molecule has 0 spiro atoms. The van der Waals surface area contributed by atoms with Crippen LogP contribution in [0.15, 0.2) is 45.8 Å². The summed E-state index contributed by atoms with van der Waals surface area (Å²) in [4.78, 5) is 26.7. The molecule has 1 atom stereocenters. The van der Waals surface area contributed by atoms with Crippen molar-refractivity contribution in [2.45, 2.75) is 25.2 Å². The number of nitrogens with zero attached hydrogens (tertiary/aromatic N) is 1. The fraction of sp³-hybridized carbons (Fsp3) is 0.263. The van der Waals surface area contributed by atoms with Gasteiger partial charge in [-0.1, -0.05) is 12.1 Å². The van der Waals surface area contributed by atoms with E-state index in [1.165, 1.54) is 12.1 Å². The van der Waals surface area contributed by atoms with Crippen LogP contribution in [0.25, 0.3) is 0 Å². The second kappa shape index (κ2) is 7.65. The van der Waals surface area contributed by atoms with E-state index in [0.717, 1.165) is 10.0 Å². The van der Waals surface area contributed by atoms with Crippen molar-refractivity contribution < 1.29 is 18.0 Å². The highest BCUT2D eigenvalue weighted by Gasteiger charge is 2.36. The lowest BCUT2D eigenvalue weighted by molar-refractivity contribution is -0.122. The van der Waals surface area contributed by atoms with Gasteiger partial charge in [-0.3, -0.25) is 9.59 Å². The van der Waals surface area contributed by atoms with Gasteiger partial charge in [-0.25, -0.2) is 13.6 Å². The van der Waals surface area contributed by atoms with Crippen molar-refractivity contribution in [1.29, 1.82) is 0 Å². The van der Waals surface area contributed by atoms with Crippen LogP contribution in [0.5, 0.6) is 0 Å². The van der Waals surface area contributed by atoms with E-state index in [2.05, 4.69) is 21.2 Å². The summed E-state index contributed by atoms with van der Waals surface area (Å²) >= 11 is 3.43. The Bertz CT molecular complexity index is 1070. The number of primary sulfonamides is 1. The van der Waals surface area contributed by atoms with Crippen LogP contribution in [0, 0.1) is 19.8 Å². The lowest BCUT2D eigenvalue weighted by atomic mass is 10.1. The molecule has 2 aromatic carbocycles. The Kier molecular flexibility index (Phi) is 5.60. The lowest BCUT2D eigenvalue weighted by Gasteiger charge is -2.18. The van der Waals surface area contributed by atoms with Gasteiger partial charge in [-0.05, 0) is 65.2 Å². The number of nitrogens with one attached hydrogen (secondary N) is 1. The minimum absolute atomic E-state index is 0.0664. The molecule has 9 heteroatoms.